The zero-order valence-corrected chi connectivity index (χ0v) is 19.0. The van der Waals surface area contributed by atoms with Gasteiger partial charge in [0.2, 0.25) is 5.91 Å². The third-order valence-corrected chi connectivity index (χ3v) is 5.38. The minimum atomic E-state index is -0.324. The first-order valence-electron chi connectivity index (χ1n) is 10.2. The normalized spacial score (nSPS) is 11.8. The lowest BCUT2D eigenvalue weighted by Gasteiger charge is -2.09. The molecule has 0 radical (unpaired) electrons. The van der Waals surface area contributed by atoms with Gasteiger partial charge in [0.15, 0.2) is 4.80 Å². The summed E-state index contributed by atoms with van der Waals surface area (Å²) in [5, 5.41) is 2.79. The molecule has 2 aromatic carbocycles. The number of amides is 2. The van der Waals surface area contributed by atoms with Crippen molar-refractivity contribution in [3.8, 4) is 5.75 Å². The molecular formula is C23H27N3O4S. The summed E-state index contributed by atoms with van der Waals surface area (Å²) in [5.74, 6) is 0.255. The van der Waals surface area contributed by atoms with Gasteiger partial charge in [-0.1, -0.05) is 11.3 Å². The number of aromatic nitrogens is 1. The van der Waals surface area contributed by atoms with Crippen LogP contribution in [0.2, 0.25) is 0 Å². The SMILES string of the molecule is CCOCCn1c(=NC(=O)c2ccc(OC(C)C)cc2)sc2cc(NC(C)=O)ccc21. The molecule has 0 fully saturated rings. The minimum Gasteiger partial charge on any atom is -0.491 e. The zero-order valence-electron chi connectivity index (χ0n) is 18.2. The third kappa shape index (κ3) is 6.02. The van der Waals surface area contributed by atoms with Crippen LogP contribution in [-0.2, 0) is 16.1 Å². The third-order valence-electron chi connectivity index (χ3n) is 4.34. The van der Waals surface area contributed by atoms with Crippen molar-refractivity contribution in [1.82, 2.24) is 4.57 Å². The molecule has 8 heteroatoms. The highest BCUT2D eigenvalue weighted by Crippen LogP contribution is 2.22. The molecular weight excluding hydrogens is 414 g/mol. The van der Waals surface area contributed by atoms with Gasteiger partial charge in [0.1, 0.15) is 5.75 Å². The first-order chi connectivity index (χ1) is 14.9. The van der Waals surface area contributed by atoms with E-state index in [2.05, 4.69) is 10.3 Å². The highest BCUT2D eigenvalue weighted by molar-refractivity contribution is 7.16. The van der Waals surface area contributed by atoms with Crippen LogP contribution in [0.3, 0.4) is 0 Å². The summed E-state index contributed by atoms with van der Waals surface area (Å²) < 4.78 is 14.0. The summed E-state index contributed by atoms with van der Waals surface area (Å²) >= 11 is 1.40. The number of thiazole rings is 1. The lowest BCUT2D eigenvalue weighted by Crippen LogP contribution is -2.19. The molecule has 0 aliphatic heterocycles. The number of rotatable bonds is 8. The van der Waals surface area contributed by atoms with Crippen LogP contribution in [0.4, 0.5) is 5.69 Å². The fraction of sp³-hybridized carbons (Fsp3) is 0.348. The molecule has 0 aliphatic rings. The van der Waals surface area contributed by atoms with Crippen molar-refractivity contribution in [2.24, 2.45) is 4.99 Å². The summed E-state index contributed by atoms with van der Waals surface area (Å²) in [6.45, 7) is 9.02. The summed E-state index contributed by atoms with van der Waals surface area (Å²) in [5.41, 5.74) is 2.13. The molecule has 164 valence electrons. The van der Waals surface area contributed by atoms with E-state index in [0.717, 1.165) is 10.2 Å². The van der Waals surface area contributed by atoms with Gasteiger partial charge in [-0.05, 0) is 63.2 Å². The van der Waals surface area contributed by atoms with E-state index in [9.17, 15) is 9.59 Å². The average Bonchev–Trinajstić information content (AvgIpc) is 3.04. The second-order valence-electron chi connectivity index (χ2n) is 7.20. The molecule has 0 aliphatic carbocycles. The lowest BCUT2D eigenvalue weighted by molar-refractivity contribution is -0.114. The Morgan fingerprint density at radius 3 is 2.55 bits per heavy atom. The highest BCUT2D eigenvalue weighted by Gasteiger charge is 2.11. The summed E-state index contributed by atoms with van der Waals surface area (Å²) in [6, 6.07) is 12.6. The van der Waals surface area contributed by atoms with Crippen molar-refractivity contribution in [3.05, 3.63) is 52.8 Å². The molecule has 7 nitrogen and oxygen atoms in total. The van der Waals surface area contributed by atoms with Crippen LogP contribution in [0, 0.1) is 0 Å². The molecule has 1 aromatic heterocycles. The van der Waals surface area contributed by atoms with Gasteiger partial charge in [-0.25, -0.2) is 0 Å². The lowest BCUT2D eigenvalue weighted by atomic mass is 10.2. The molecule has 1 N–H and O–H groups in total. The van der Waals surface area contributed by atoms with Crippen LogP contribution in [-0.4, -0.2) is 35.7 Å². The summed E-state index contributed by atoms with van der Waals surface area (Å²) in [6.07, 6.45) is 0.0662. The van der Waals surface area contributed by atoms with Crippen LogP contribution in [0.25, 0.3) is 10.2 Å². The molecule has 0 spiro atoms. The monoisotopic (exact) mass is 441 g/mol. The molecule has 3 rings (SSSR count). The number of ether oxygens (including phenoxy) is 2. The van der Waals surface area contributed by atoms with E-state index in [-0.39, 0.29) is 17.9 Å². The van der Waals surface area contributed by atoms with Gasteiger partial charge in [-0.2, -0.15) is 4.99 Å². The quantitative estimate of drug-likeness (QED) is 0.531. The van der Waals surface area contributed by atoms with E-state index in [1.807, 2.05) is 43.5 Å². The van der Waals surface area contributed by atoms with Gasteiger partial charge >= 0.3 is 0 Å². The molecule has 0 saturated heterocycles. The van der Waals surface area contributed by atoms with Crippen LogP contribution >= 0.6 is 11.3 Å². The molecule has 2 amide bonds. The standard InChI is InChI=1S/C23H27N3O4S/c1-5-29-13-12-26-20-11-8-18(24-16(4)27)14-21(20)31-23(26)25-22(28)17-6-9-19(10-7-17)30-15(2)3/h6-11,14-15H,5,12-13H2,1-4H3,(H,24,27). The number of carbonyl (C=O) groups is 2. The van der Waals surface area contributed by atoms with E-state index >= 15 is 0 Å². The van der Waals surface area contributed by atoms with Gasteiger partial charge in [-0.3, -0.25) is 9.59 Å². The van der Waals surface area contributed by atoms with Crippen LogP contribution < -0.4 is 14.9 Å². The second kappa shape index (κ2) is 10.4. The topological polar surface area (TPSA) is 81.9 Å². The molecule has 0 saturated carbocycles. The fourth-order valence-electron chi connectivity index (χ4n) is 3.06. The number of hydrogen-bond donors (Lipinski definition) is 1. The van der Waals surface area contributed by atoms with E-state index in [1.165, 1.54) is 18.3 Å². The summed E-state index contributed by atoms with van der Waals surface area (Å²) in [4.78, 5) is 29.2. The Balaban J connectivity index is 1.97. The highest BCUT2D eigenvalue weighted by atomic mass is 32.1. The Labute approximate surface area is 185 Å². The molecule has 0 atom stereocenters. The van der Waals surface area contributed by atoms with Crippen LogP contribution in [0.1, 0.15) is 38.1 Å². The predicted octanol–water partition coefficient (Wildman–Crippen LogP) is 4.23. The van der Waals surface area contributed by atoms with Crippen molar-refractivity contribution in [2.45, 2.75) is 40.3 Å². The van der Waals surface area contributed by atoms with Crippen LogP contribution in [0.5, 0.6) is 5.75 Å². The van der Waals surface area contributed by atoms with Gasteiger partial charge in [0, 0.05) is 31.3 Å². The van der Waals surface area contributed by atoms with E-state index in [4.69, 9.17) is 9.47 Å². The van der Waals surface area contributed by atoms with E-state index in [1.54, 1.807) is 24.3 Å². The molecule has 3 aromatic rings. The Kier molecular flexibility index (Phi) is 7.59. The maximum Gasteiger partial charge on any atom is 0.279 e. The maximum absolute atomic E-state index is 12.8. The van der Waals surface area contributed by atoms with Crippen molar-refractivity contribution in [1.29, 1.82) is 0 Å². The Bertz CT molecular complexity index is 1130. The largest absolute Gasteiger partial charge is 0.491 e. The van der Waals surface area contributed by atoms with Gasteiger partial charge in [-0.15, -0.1) is 0 Å². The minimum absolute atomic E-state index is 0.0662. The fourth-order valence-corrected chi connectivity index (χ4v) is 4.15. The molecule has 0 bridgehead atoms. The number of fused-ring (bicyclic) bond motifs is 1. The average molecular weight is 442 g/mol. The van der Waals surface area contributed by atoms with E-state index in [0.29, 0.717) is 41.6 Å². The molecule has 31 heavy (non-hydrogen) atoms. The maximum atomic E-state index is 12.8. The Hall–Kier alpha value is -2.97. The number of nitrogens with one attached hydrogen (secondary N) is 1. The number of benzene rings is 2. The van der Waals surface area contributed by atoms with Gasteiger partial charge in [0.05, 0.1) is 22.9 Å². The molecule has 1 heterocycles. The molecule has 0 unspecified atom stereocenters. The number of carbonyl (C=O) groups excluding carboxylic acids is 2. The smallest absolute Gasteiger partial charge is 0.279 e. The zero-order chi connectivity index (χ0) is 22.4. The Morgan fingerprint density at radius 2 is 1.90 bits per heavy atom. The van der Waals surface area contributed by atoms with Crippen molar-refractivity contribution < 1.29 is 19.1 Å². The first-order valence-corrected chi connectivity index (χ1v) is 11.0. The second-order valence-corrected chi connectivity index (χ2v) is 8.21. The van der Waals surface area contributed by atoms with Crippen molar-refractivity contribution >= 4 is 39.1 Å². The van der Waals surface area contributed by atoms with Gasteiger partial charge < -0.3 is 19.4 Å². The number of hydrogen-bond acceptors (Lipinski definition) is 5. The van der Waals surface area contributed by atoms with Crippen molar-refractivity contribution in [3.63, 3.8) is 0 Å². The number of nitrogens with zero attached hydrogens (tertiary/aromatic N) is 2. The number of anilines is 1. The predicted molar refractivity (Wildman–Crippen MR) is 123 cm³/mol. The van der Waals surface area contributed by atoms with E-state index < -0.39 is 0 Å². The van der Waals surface area contributed by atoms with Gasteiger partial charge in [0.25, 0.3) is 5.91 Å². The summed E-state index contributed by atoms with van der Waals surface area (Å²) in [7, 11) is 0. The van der Waals surface area contributed by atoms with Crippen LogP contribution in [0.15, 0.2) is 47.5 Å². The van der Waals surface area contributed by atoms with Crippen molar-refractivity contribution in [2.75, 3.05) is 18.5 Å². The Morgan fingerprint density at radius 1 is 1.16 bits per heavy atom. The first kappa shape index (κ1) is 22.7.